The van der Waals surface area contributed by atoms with Crippen LogP contribution < -0.4 is 26.2 Å². The lowest BCUT2D eigenvalue weighted by Gasteiger charge is -2.47. The van der Waals surface area contributed by atoms with E-state index in [1.54, 1.807) is 33.4 Å². The maximum Gasteiger partial charge on any atom is 0.252 e. The highest BCUT2D eigenvalue weighted by Gasteiger charge is 2.46. The van der Waals surface area contributed by atoms with Gasteiger partial charge in [-0.25, -0.2) is 0 Å². The van der Waals surface area contributed by atoms with Crippen molar-refractivity contribution >= 4 is 122 Å². The largest absolute Gasteiger partial charge is 0.311 e. The SMILES string of the molecule is CCc1c2c(cc3c1N(c1cccc4c5ccccc5c5ccccc5c14)c1cccc4c1B3c1cc3c(c(CC)c1N4c1cccc4c5ccccc5c5ccccc5c14)CCCC3)CCCC2. The molecule has 0 spiro atoms. The Kier molecular flexibility index (Phi) is 8.65. The third kappa shape index (κ3) is 5.39. The van der Waals surface area contributed by atoms with Crippen LogP contribution in [0.25, 0.3) is 64.6 Å². The molecule has 0 saturated carbocycles. The van der Waals surface area contributed by atoms with Crippen molar-refractivity contribution in [3.63, 3.8) is 0 Å². The lowest BCUT2D eigenvalue weighted by atomic mass is 9.32. The molecule has 3 heteroatoms. The molecule has 2 heterocycles. The Hall–Kier alpha value is -7.36. The summed E-state index contributed by atoms with van der Waals surface area (Å²) in [4.78, 5) is 5.55. The first kappa shape index (κ1) is 39.6. The summed E-state index contributed by atoms with van der Waals surface area (Å²) in [5.74, 6) is 0. The standard InChI is InChI=1S/C66H53BN2/c1-3-42-44-22-7-5-20-40(44)38-56-65(42)68(58-34-17-32-54-50-26-11-9-24-46(50)48-28-13-15-30-52(48)62(54)58)60-36-19-37-61-64(60)67(56)57-39-41-21-6-8-23-45(41)43(4-2)66(57)69(61)59-35-18-33-55-51-27-12-10-25-47(51)49-29-14-16-31-53(49)63(55)59/h9-19,24-39H,3-8,20-23H2,1-2H3. The second-order valence-electron chi connectivity index (χ2n) is 20.4. The van der Waals surface area contributed by atoms with Crippen molar-refractivity contribution in [2.24, 2.45) is 0 Å². The van der Waals surface area contributed by atoms with Gasteiger partial charge >= 0.3 is 0 Å². The molecule has 0 fully saturated rings. The minimum absolute atomic E-state index is 0.0869. The predicted octanol–water partition coefficient (Wildman–Crippen LogP) is 15.6. The number of nitrogens with zero attached hydrogens (tertiary/aromatic N) is 2. The van der Waals surface area contributed by atoms with Gasteiger partial charge in [0.15, 0.2) is 0 Å². The van der Waals surface area contributed by atoms with Crippen LogP contribution in [0.4, 0.5) is 34.1 Å². The minimum atomic E-state index is 0.0869. The van der Waals surface area contributed by atoms with E-state index in [9.17, 15) is 0 Å². The summed E-state index contributed by atoms with van der Waals surface area (Å²) < 4.78 is 0. The topological polar surface area (TPSA) is 6.48 Å². The Morgan fingerprint density at radius 2 is 0.681 bits per heavy atom. The van der Waals surface area contributed by atoms with E-state index >= 15 is 0 Å². The van der Waals surface area contributed by atoms with Crippen LogP contribution in [0.5, 0.6) is 0 Å². The van der Waals surface area contributed by atoms with Gasteiger partial charge in [-0.05, 0) is 192 Å². The highest BCUT2D eigenvalue weighted by Crippen LogP contribution is 2.53. The second-order valence-corrected chi connectivity index (χ2v) is 20.4. The molecule has 2 aliphatic carbocycles. The number of aryl methyl sites for hydroxylation is 2. The van der Waals surface area contributed by atoms with Gasteiger partial charge in [0.2, 0.25) is 0 Å². The molecule has 11 aromatic rings. The molecule has 2 nitrogen and oxygen atoms in total. The molecule has 0 atom stereocenters. The van der Waals surface area contributed by atoms with Gasteiger partial charge in [-0.15, -0.1) is 0 Å². The van der Waals surface area contributed by atoms with Crippen molar-refractivity contribution in [3.8, 4) is 0 Å². The van der Waals surface area contributed by atoms with Crippen molar-refractivity contribution in [1.29, 1.82) is 0 Å². The van der Waals surface area contributed by atoms with Crippen LogP contribution in [0, 0.1) is 0 Å². The number of hydrogen-bond donors (Lipinski definition) is 0. The van der Waals surface area contributed by atoms with Crippen LogP contribution in [0.15, 0.2) is 164 Å². The average Bonchev–Trinajstić information content (AvgIpc) is 3.41. The Balaban J connectivity index is 1.12. The summed E-state index contributed by atoms with van der Waals surface area (Å²) in [6.07, 6.45) is 11.6. The van der Waals surface area contributed by atoms with Gasteiger partial charge in [-0.1, -0.05) is 153 Å². The average molecular weight is 885 g/mol. The van der Waals surface area contributed by atoms with E-state index in [4.69, 9.17) is 0 Å². The van der Waals surface area contributed by atoms with Crippen LogP contribution in [0.1, 0.15) is 72.9 Å². The first-order valence-corrected chi connectivity index (χ1v) is 25.9. The summed E-state index contributed by atoms with van der Waals surface area (Å²) in [6, 6.07) is 63.5. The zero-order chi connectivity index (χ0) is 45.5. The molecule has 2 aliphatic heterocycles. The summed E-state index contributed by atoms with van der Waals surface area (Å²) in [7, 11) is 0. The van der Waals surface area contributed by atoms with Crippen LogP contribution in [0.2, 0.25) is 0 Å². The van der Waals surface area contributed by atoms with E-state index in [0.717, 1.165) is 38.5 Å². The highest BCUT2D eigenvalue weighted by atomic mass is 15.2. The molecular weight excluding hydrogens is 832 g/mol. The molecule has 0 N–H and O–H groups in total. The molecule has 0 amide bonds. The van der Waals surface area contributed by atoms with Crippen molar-refractivity contribution in [2.75, 3.05) is 9.80 Å². The Bertz CT molecular complexity index is 3680. The van der Waals surface area contributed by atoms with Gasteiger partial charge in [-0.3, -0.25) is 0 Å². The zero-order valence-corrected chi connectivity index (χ0v) is 39.6. The summed E-state index contributed by atoms with van der Waals surface area (Å²) in [5, 5.41) is 15.8. The molecule has 0 bridgehead atoms. The maximum absolute atomic E-state index is 2.77. The monoisotopic (exact) mass is 884 g/mol. The molecule has 0 unspecified atom stereocenters. The number of fused-ring (bicyclic) bond motifs is 18. The highest BCUT2D eigenvalue weighted by molar-refractivity contribution is 7.00. The third-order valence-corrected chi connectivity index (χ3v) is 17.1. The van der Waals surface area contributed by atoms with E-state index < -0.39 is 0 Å². The van der Waals surface area contributed by atoms with E-state index in [1.165, 1.54) is 141 Å². The maximum atomic E-state index is 2.77. The van der Waals surface area contributed by atoms with Crippen molar-refractivity contribution < 1.29 is 0 Å². The fraction of sp³-hybridized carbons (Fsp3) is 0.182. The molecule has 0 radical (unpaired) electrons. The summed E-state index contributed by atoms with van der Waals surface area (Å²) >= 11 is 0. The van der Waals surface area contributed by atoms with Gasteiger partial charge < -0.3 is 9.80 Å². The van der Waals surface area contributed by atoms with Crippen molar-refractivity contribution in [3.05, 3.63) is 197 Å². The molecule has 69 heavy (non-hydrogen) atoms. The van der Waals surface area contributed by atoms with E-state index in [0.29, 0.717) is 0 Å². The summed E-state index contributed by atoms with van der Waals surface area (Å²) in [6.45, 7) is 4.94. The molecule has 15 rings (SSSR count). The smallest absolute Gasteiger partial charge is 0.252 e. The molecule has 11 aromatic carbocycles. The molecule has 0 saturated heterocycles. The van der Waals surface area contributed by atoms with Crippen molar-refractivity contribution in [2.45, 2.75) is 78.1 Å². The lowest BCUT2D eigenvalue weighted by molar-refractivity contribution is 0.679. The van der Waals surface area contributed by atoms with Crippen LogP contribution in [-0.2, 0) is 38.5 Å². The first-order chi connectivity index (χ1) is 34.2. The molecule has 330 valence electrons. The lowest BCUT2D eigenvalue weighted by Crippen LogP contribution is -2.62. The molecule has 4 aliphatic rings. The Morgan fingerprint density at radius 1 is 0.362 bits per heavy atom. The molecular formula is C66H53BN2. The third-order valence-electron chi connectivity index (χ3n) is 17.1. The fourth-order valence-electron chi connectivity index (χ4n) is 14.4. The van der Waals surface area contributed by atoms with Crippen LogP contribution in [-0.4, -0.2) is 6.71 Å². The van der Waals surface area contributed by atoms with Crippen LogP contribution in [0.3, 0.4) is 0 Å². The Labute approximate surface area is 404 Å². The second kappa shape index (κ2) is 15.1. The number of rotatable bonds is 4. The van der Waals surface area contributed by atoms with E-state index in [1.807, 2.05) is 0 Å². The Morgan fingerprint density at radius 3 is 1.07 bits per heavy atom. The van der Waals surface area contributed by atoms with Gasteiger partial charge in [-0.2, -0.15) is 0 Å². The first-order valence-electron chi connectivity index (χ1n) is 25.9. The minimum Gasteiger partial charge on any atom is -0.311 e. The quantitative estimate of drug-likeness (QED) is 0.128. The fourth-order valence-corrected chi connectivity index (χ4v) is 14.4. The molecule has 0 aromatic heterocycles. The van der Waals surface area contributed by atoms with E-state index in [2.05, 4.69) is 187 Å². The van der Waals surface area contributed by atoms with E-state index in [-0.39, 0.29) is 6.71 Å². The van der Waals surface area contributed by atoms with Gasteiger partial charge in [0, 0.05) is 33.5 Å². The van der Waals surface area contributed by atoms with Gasteiger partial charge in [0.1, 0.15) is 0 Å². The predicted molar refractivity (Wildman–Crippen MR) is 298 cm³/mol. The number of hydrogen-bond acceptors (Lipinski definition) is 2. The zero-order valence-electron chi connectivity index (χ0n) is 39.6. The summed E-state index contributed by atoms with van der Waals surface area (Å²) in [5.41, 5.74) is 21.9. The number of benzene rings is 11. The normalized spacial score (nSPS) is 15.0. The van der Waals surface area contributed by atoms with Crippen LogP contribution >= 0.6 is 0 Å². The van der Waals surface area contributed by atoms with Gasteiger partial charge in [0.05, 0.1) is 11.4 Å². The number of anilines is 6. The van der Waals surface area contributed by atoms with Crippen molar-refractivity contribution in [1.82, 2.24) is 0 Å². The van der Waals surface area contributed by atoms with Gasteiger partial charge in [0.25, 0.3) is 6.71 Å².